The predicted octanol–water partition coefficient (Wildman–Crippen LogP) is 2.14. The highest BCUT2D eigenvalue weighted by Gasteiger charge is 2.22. The Kier molecular flexibility index (Phi) is 4.45. The van der Waals surface area contributed by atoms with Crippen molar-refractivity contribution in [1.29, 1.82) is 0 Å². The summed E-state index contributed by atoms with van der Waals surface area (Å²) in [5.41, 5.74) is 7.51. The highest BCUT2D eigenvalue weighted by molar-refractivity contribution is 5.96. The molecule has 0 aliphatic carbocycles. The van der Waals surface area contributed by atoms with E-state index in [1.807, 2.05) is 6.07 Å². The molecule has 0 unspecified atom stereocenters. The van der Waals surface area contributed by atoms with Crippen molar-refractivity contribution in [3.05, 3.63) is 36.4 Å². The van der Waals surface area contributed by atoms with Gasteiger partial charge in [0.1, 0.15) is 5.75 Å². The van der Waals surface area contributed by atoms with Crippen LogP contribution in [-0.2, 0) is 9.59 Å². The molecule has 0 saturated carbocycles. The van der Waals surface area contributed by atoms with E-state index in [1.54, 1.807) is 35.2 Å². The van der Waals surface area contributed by atoms with E-state index >= 15 is 0 Å². The van der Waals surface area contributed by atoms with E-state index in [0.717, 1.165) is 12.1 Å². The minimum atomic E-state index is -0.358. The van der Waals surface area contributed by atoms with Gasteiger partial charge in [-0.05, 0) is 18.6 Å². The first-order valence-electron chi connectivity index (χ1n) is 8.62. The van der Waals surface area contributed by atoms with Gasteiger partial charge in [0.25, 0.3) is 5.91 Å². The first-order chi connectivity index (χ1) is 13.1. The second kappa shape index (κ2) is 7.06. The Morgan fingerprint density at radius 2 is 2.04 bits per heavy atom. The number of nitrogens with zero attached hydrogens (tertiary/aromatic N) is 1. The van der Waals surface area contributed by atoms with Crippen LogP contribution >= 0.6 is 0 Å². The lowest BCUT2D eigenvalue weighted by atomic mass is 10.2. The summed E-state index contributed by atoms with van der Waals surface area (Å²) in [6, 6.07) is 10.4. The number of hydrogen-bond acceptors (Lipinski definition) is 6. The van der Waals surface area contributed by atoms with Crippen molar-refractivity contribution in [1.82, 2.24) is 0 Å². The molecule has 0 radical (unpaired) electrons. The highest BCUT2D eigenvalue weighted by atomic mass is 16.7. The van der Waals surface area contributed by atoms with Crippen LogP contribution in [0.2, 0.25) is 0 Å². The maximum absolute atomic E-state index is 12.2. The monoisotopic (exact) mass is 369 g/mol. The number of amides is 2. The molecule has 140 valence electrons. The lowest BCUT2D eigenvalue weighted by molar-refractivity contribution is -0.118. The number of nitrogen functional groups attached to an aromatic ring is 1. The molecule has 2 aliphatic heterocycles. The largest absolute Gasteiger partial charge is 0.484 e. The van der Waals surface area contributed by atoms with Crippen LogP contribution < -0.4 is 30.2 Å². The van der Waals surface area contributed by atoms with Gasteiger partial charge in [0, 0.05) is 36.9 Å². The number of benzene rings is 2. The molecule has 3 N–H and O–H groups in total. The summed E-state index contributed by atoms with van der Waals surface area (Å²) in [6.45, 7) is 0.641. The van der Waals surface area contributed by atoms with Crippen LogP contribution in [0.25, 0.3) is 0 Å². The number of carbonyl (C=O) groups is 2. The van der Waals surface area contributed by atoms with Crippen LogP contribution in [0.15, 0.2) is 36.4 Å². The molecule has 8 nitrogen and oxygen atoms in total. The zero-order valence-electron chi connectivity index (χ0n) is 14.6. The van der Waals surface area contributed by atoms with E-state index < -0.39 is 0 Å². The third-order valence-electron chi connectivity index (χ3n) is 4.39. The topological polar surface area (TPSA) is 103 Å². The van der Waals surface area contributed by atoms with Crippen molar-refractivity contribution in [3.8, 4) is 17.2 Å². The molecular weight excluding hydrogens is 350 g/mol. The van der Waals surface area contributed by atoms with Crippen LogP contribution in [0.3, 0.4) is 0 Å². The number of fused-ring (bicyclic) bond motifs is 1. The van der Waals surface area contributed by atoms with Crippen molar-refractivity contribution in [2.75, 3.05) is 35.9 Å². The van der Waals surface area contributed by atoms with Gasteiger partial charge in [-0.1, -0.05) is 6.07 Å². The molecule has 0 bridgehead atoms. The Bertz CT molecular complexity index is 899. The summed E-state index contributed by atoms with van der Waals surface area (Å²) < 4.78 is 16.1. The average molecular weight is 369 g/mol. The number of nitrogens with two attached hydrogens (primary N) is 1. The minimum Gasteiger partial charge on any atom is -0.484 e. The lowest BCUT2D eigenvalue weighted by Crippen LogP contribution is -2.24. The normalized spacial score (nSPS) is 15.1. The minimum absolute atomic E-state index is 0.100. The van der Waals surface area contributed by atoms with Crippen LogP contribution in [0.1, 0.15) is 12.8 Å². The smallest absolute Gasteiger partial charge is 0.262 e. The van der Waals surface area contributed by atoms with E-state index in [-0.39, 0.29) is 25.2 Å². The summed E-state index contributed by atoms with van der Waals surface area (Å²) in [7, 11) is 0. The molecule has 1 fully saturated rings. The Labute approximate surface area is 155 Å². The molecule has 0 spiro atoms. The molecule has 8 heteroatoms. The summed E-state index contributed by atoms with van der Waals surface area (Å²) in [6.07, 6.45) is 1.41. The zero-order valence-corrected chi connectivity index (χ0v) is 14.6. The second-order valence-corrected chi connectivity index (χ2v) is 6.28. The fourth-order valence-corrected chi connectivity index (χ4v) is 3.06. The molecule has 2 aromatic carbocycles. The van der Waals surface area contributed by atoms with Gasteiger partial charge >= 0.3 is 0 Å². The summed E-state index contributed by atoms with van der Waals surface area (Å²) in [5.74, 6) is 1.34. The van der Waals surface area contributed by atoms with Crippen LogP contribution in [-0.4, -0.2) is 31.8 Å². The fourth-order valence-electron chi connectivity index (χ4n) is 3.06. The van der Waals surface area contributed by atoms with Crippen molar-refractivity contribution >= 4 is 28.9 Å². The van der Waals surface area contributed by atoms with E-state index in [0.29, 0.717) is 41.6 Å². The van der Waals surface area contributed by atoms with E-state index in [9.17, 15) is 9.59 Å². The van der Waals surface area contributed by atoms with Gasteiger partial charge in [-0.3, -0.25) is 9.59 Å². The van der Waals surface area contributed by atoms with Crippen LogP contribution in [0, 0.1) is 0 Å². The molecule has 2 amide bonds. The van der Waals surface area contributed by atoms with E-state index in [4.69, 9.17) is 19.9 Å². The molecule has 4 rings (SSSR count). The van der Waals surface area contributed by atoms with Gasteiger partial charge in [0.05, 0.1) is 11.4 Å². The van der Waals surface area contributed by atoms with E-state index in [1.165, 1.54) is 0 Å². The number of ether oxygens (including phenoxy) is 3. The Balaban J connectivity index is 1.38. The lowest BCUT2D eigenvalue weighted by Gasteiger charge is -2.16. The Morgan fingerprint density at radius 1 is 1.22 bits per heavy atom. The molecule has 1 saturated heterocycles. The first-order valence-corrected chi connectivity index (χ1v) is 8.62. The number of anilines is 3. The van der Waals surface area contributed by atoms with E-state index in [2.05, 4.69) is 5.32 Å². The quantitative estimate of drug-likeness (QED) is 0.783. The molecule has 0 atom stereocenters. The molecular formula is C19H19N3O5. The summed E-state index contributed by atoms with van der Waals surface area (Å²) in [4.78, 5) is 25.8. The molecule has 2 aliphatic rings. The third kappa shape index (κ3) is 3.59. The molecule has 27 heavy (non-hydrogen) atoms. The maximum atomic E-state index is 12.2. The average Bonchev–Trinajstić information content (AvgIpc) is 3.29. The number of carbonyl (C=O) groups excluding carboxylic acids is 2. The van der Waals surface area contributed by atoms with Crippen molar-refractivity contribution < 1.29 is 23.8 Å². The fraction of sp³-hybridized carbons (Fsp3) is 0.263. The van der Waals surface area contributed by atoms with Gasteiger partial charge in [0.2, 0.25) is 12.7 Å². The Hall–Kier alpha value is -3.42. The van der Waals surface area contributed by atoms with Crippen LogP contribution in [0.5, 0.6) is 17.2 Å². The van der Waals surface area contributed by atoms with Crippen molar-refractivity contribution in [2.45, 2.75) is 12.8 Å². The molecule has 0 aromatic heterocycles. The molecule has 2 aromatic rings. The number of hydrogen-bond donors (Lipinski definition) is 2. The highest BCUT2D eigenvalue weighted by Crippen LogP contribution is 2.38. The zero-order chi connectivity index (χ0) is 18.8. The van der Waals surface area contributed by atoms with Gasteiger partial charge in [-0.25, -0.2) is 0 Å². The maximum Gasteiger partial charge on any atom is 0.262 e. The van der Waals surface area contributed by atoms with Gasteiger partial charge in [-0.15, -0.1) is 0 Å². The summed E-state index contributed by atoms with van der Waals surface area (Å²) in [5, 5.41) is 2.70. The number of nitrogens with one attached hydrogen (secondary N) is 1. The first kappa shape index (κ1) is 17.0. The van der Waals surface area contributed by atoms with Gasteiger partial charge in [0.15, 0.2) is 18.1 Å². The SMILES string of the molecule is Nc1cc2c(cc1NC(=O)COc1cccc(N3CCCC3=O)c1)OCO2. The van der Waals surface area contributed by atoms with Crippen LogP contribution in [0.4, 0.5) is 17.1 Å². The summed E-state index contributed by atoms with van der Waals surface area (Å²) >= 11 is 0. The Morgan fingerprint density at radius 3 is 2.81 bits per heavy atom. The standard InChI is InChI=1S/C19H19N3O5/c20-14-8-16-17(27-11-26-16)9-15(14)21-18(23)10-25-13-4-1-3-12(7-13)22-6-2-5-19(22)24/h1,3-4,7-9H,2,5-6,10-11,20H2,(H,21,23). The van der Waals surface area contributed by atoms with Gasteiger partial charge < -0.3 is 30.2 Å². The molecule has 2 heterocycles. The second-order valence-electron chi connectivity index (χ2n) is 6.28. The number of rotatable bonds is 5. The predicted molar refractivity (Wildman–Crippen MR) is 99.1 cm³/mol. The third-order valence-corrected chi connectivity index (χ3v) is 4.39. The van der Waals surface area contributed by atoms with Crippen molar-refractivity contribution in [3.63, 3.8) is 0 Å². The van der Waals surface area contributed by atoms with Crippen molar-refractivity contribution in [2.24, 2.45) is 0 Å². The van der Waals surface area contributed by atoms with Gasteiger partial charge in [-0.2, -0.15) is 0 Å².